The van der Waals surface area contributed by atoms with Gasteiger partial charge in [-0.05, 0) is 30.4 Å². The lowest BCUT2D eigenvalue weighted by molar-refractivity contribution is -0.118. The highest BCUT2D eigenvalue weighted by molar-refractivity contribution is 5.77. The van der Waals surface area contributed by atoms with Crippen molar-refractivity contribution in [2.24, 2.45) is 0 Å². The van der Waals surface area contributed by atoms with Crippen LogP contribution in [0.25, 0.3) is 0 Å². The van der Waals surface area contributed by atoms with Gasteiger partial charge in [-0.2, -0.15) is 0 Å². The summed E-state index contributed by atoms with van der Waals surface area (Å²) < 4.78 is 7.06. The highest BCUT2D eigenvalue weighted by Crippen LogP contribution is 2.29. The maximum Gasteiger partial charge on any atom is 0.130 e. The molecular formula is C13H18O. The number of ketones is 1. The number of hydrogen-bond acceptors (Lipinski definition) is 1. The Labute approximate surface area is 87.6 Å². The van der Waals surface area contributed by atoms with Crippen molar-refractivity contribution >= 4 is 5.78 Å². The molecule has 0 spiro atoms. The maximum absolute atomic E-state index is 11.3. The molecule has 1 aromatic carbocycles. The van der Waals surface area contributed by atoms with Crippen molar-refractivity contribution in [2.45, 2.75) is 39.5 Å². The Balaban J connectivity index is 2.95. The minimum Gasteiger partial charge on any atom is -0.300 e. The Morgan fingerprint density at radius 3 is 2.64 bits per heavy atom. The van der Waals surface area contributed by atoms with Gasteiger partial charge in [0.25, 0.3) is 0 Å². The van der Waals surface area contributed by atoms with Crippen LogP contribution in [0.15, 0.2) is 24.3 Å². The molecule has 1 rings (SSSR count). The van der Waals surface area contributed by atoms with Gasteiger partial charge in [0.2, 0.25) is 0 Å². The normalized spacial score (nSPS) is 12.4. The van der Waals surface area contributed by atoms with Gasteiger partial charge >= 0.3 is 0 Å². The van der Waals surface area contributed by atoms with Crippen LogP contribution in [0.5, 0.6) is 0 Å². The average molecular weight is 191 g/mol. The van der Waals surface area contributed by atoms with Gasteiger partial charge in [0.1, 0.15) is 5.78 Å². The third-order valence-corrected chi connectivity index (χ3v) is 2.51. The lowest BCUT2D eigenvalue weighted by Gasteiger charge is -2.25. The lowest BCUT2D eigenvalue weighted by Crippen LogP contribution is -2.21. The highest BCUT2D eigenvalue weighted by Gasteiger charge is 2.23. The Morgan fingerprint density at radius 2 is 2.07 bits per heavy atom. The first-order valence-electron chi connectivity index (χ1n) is 5.55. The summed E-state index contributed by atoms with van der Waals surface area (Å²) in [6.45, 7) is 6.06. The number of rotatable bonds is 3. The quantitative estimate of drug-likeness (QED) is 0.716. The number of Topliss-reactive ketones (excluding diaryl/α,β-unsaturated/α-hetero) is 1. The summed E-state index contributed by atoms with van der Waals surface area (Å²) in [5.74, 6) is 0.00301. The molecule has 0 radical (unpaired) electrons. The minimum atomic E-state index is -0.163. The summed E-state index contributed by atoms with van der Waals surface area (Å²) in [4.78, 5) is 11.3. The molecule has 0 saturated carbocycles. The SMILES string of the molecule is [2H]CC(=O)CC(C)(C)c1ccccc1C. The van der Waals surface area contributed by atoms with Crippen molar-refractivity contribution < 1.29 is 6.17 Å². The van der Waals surface area contributed by atoms with E-state index in [4.69, 9.17) is 1.37 Å². The molecule has 0 heterocycles. The number of carbonyl (C=O) groups excluding carboxylic acids is 1. The molecular weight excluding hydrogens is 172 g/mol. The van der Waals surface area contributed by atoms with Crippen LogP contribution in [-0.4, -0.2) is 5.78 Å². The fourth-order valence-electron chi connectivity index (χ4n) is 1.92. The zero-order valence-electron chi connectivity index (χ0n) is 10.1. The molecule has 0 amide bonds. The molecule has 0 unspecified atom stereocenters. The van der Waals surface area contributed by atoms with Crippen molar-refractivity contribution in [3.63, 3.8) is 0 Å². The first-order valence-corrected chi connectivity index (χ1v) is 4.84. The molecule has 0 fully saturated rings. The van der Waals surface area contributed by atoms with E-state index >= 15 is 0 Å². The first-order chi connectivity index (χ1) is 6.97. The van der Waals surface area contributed by atoms with Crippen molar-refractivity contribution in [2.75, 3.05) is 0 Å². The largest absolute Gasteiger partial charge is 0.300 e. The summed E-state index contributed by atoms with van der Waals surface area (Å²) in [7, 11) is 0. The van der Waals surface area contributed by atoms with Crippen molar-refractivity contribution in [1.29, 1.82) is 0 Å². The highest BCUT2D eigenvalue weighted by atomic mass is 16.1. The average Bonchev–Trinajstić information content (AvgIpc) is 2.17. The zero-order chi connectivity index (χ0) is 11.5. The maximum atomic E-state index is 11.3. The molecule has 0 aromatic heterocycles. The van der Waals surface area contributed by atoms with Crippen LogP contribution in [0.2, 0.25) is 0 Å². The summed E-state index contributed by atoms with van der Waals surface area (Å²) in [6.07, 6.45) is 0.446. The van der Waals surface area contributed by atoms with E-state index in [1.54, 1.807) is 0 Å². The van der Waals surface area contributed by atoms with Gasteiger partial charge in [0.15, 0.2) is 0 Å². The van der Waals surface area contributed by atoms with E-state index in [9.17, 15) is 4.79 Å². The molecule has 0 saturated heterocycles. The van der Waals surface area contributed by atoms with Crippen LogP contribution < -0.4 is 0 Å². The van der Waals surface area contributed by atoms with Crippen molar-refractivity contribution in [3.05, 3.63) is 35.4 Å². The van der Waals surface area contributed by atoms with E-state index in [1.165, 1.54) is 11.1 Å². The van der Waals surface area contributed by atoms with Gasteiger partial charge < -0.3 is 0 Å². The van der Waals surface area contributed by atoms with E-state index in [-0.39, 0.29) is 18.1 Å². The Hall–Kier alpha value is -1.11. The molecule has 0 aliphatic heterocycles. The van der Waals surface area contributed by atoms with Crippen LogP contribution in [0.1, 0.15) is 39.7 Å². The Kier molecular flexibility index (Phi) is 2.67. The second-order valence-corrected chi connectivity index (χ2v) is 4.41. The summed E-state index contributed by atoms with van der Waals surface area (Å²) in [6, 6.07) is 8.12. The van der Waals surface area contributed by atoms with Gasteiger partial charge in [-0.15, -0.1) is 0 Å². The van der Waals surface area contributed by atoms with E-state index in [1.807, 2.05) is 12.1 Å². The molecule has 0 N–H and O–H groups in total. The topological polar surface area (TPSA) is 17.1 Å². The second kappa shape index (κ2) is 3.95. The molecule has 1 aromatic rings. The Bertz CT molecular complexity index is 355. The molecule has 14 heavy (non-hydrogen) atoms. The van der Waals surface area contributed by atoms with Crippen LogP contribution in [-0.2, 0) is 10.2 Å². The number of hydrogen-bond donors (Lipinski definition) is 0. The Morgan fingerprint density at radius 1 is 1.43 bits per heavy atom. The molecule has 0 atom stereocenters. The third kappa shape index (κ3) is 2.44. The number of aryl methyl sites for hydroxylation is 1. The standard InChI is InChI=1S/C13H18O/c1-10-7-5-6-8-12(10)13(3,4)9-11(2)14/h5-8H,9H2,1-4H3/i2D. The van der Waals surface area contributed by atoms with Crippen molar-refractivity contribution in [1.82, 2.24) is 0 Å². The molecule has 0 aliphatic rings. The van der Waals surface area contributed by atoms with E-state index in [0.29, 0.717) is 6.42 Å². The van der Waals surface area contributed by atoms with E-state index < -0.39 is 0 Å². The molecule has 0 bridgehead atoms. The van der Waals surface area contributed by atoms with Gasteiger partial charge in [-0.1, -0.05) is 38.1 Å². The smallest absolute Gasteiger partial charge is 0.130 e. The second-order valence-electron chi connectivity index (χ2n) is 4.41. The van der Waals surface area contributed by atoms with E-state index in [2.05, 4.69) is 32.9 Å². The summed E-state index contributed by atoms with van der Waals surface area (Å²) in [5, 5.41) is 0. The van der Waals surface area contributed by atoms with E-state index in [0.717, 1.165) is 0 Å². The fraction of sp³-hybridized carbons (Fsp3) is 0.462. The first kappa shape index (κ1) is 9.45. The minimum absolute atomic E-state index is 0.00301. The number of benzene rings is 1. The van der Waals surface area contributed by atoms with Crippen LogP contribution in [0, 0.1) is 6.92 Å². The predicted octanol–water partition coefficient (Wildman–Crippen LogP) is 3.25. The van der Waals surface area contributed by atoms with Crippen molar-refractivity contribution in [3.8, 4) is 0 Å². The van der Waals surface area contributed by atoms with Gasteiger partial charge in [-0.25, -0.2) is 0 Å². The van der Waals surface area contributed by atoms with Gasteiger partial charge in [0, 0.05) is 7.79 Å². The molecule has 1 nitrogen and oxygen atoms in total. The summed E-state index contributed by atoms with van der Waals surface area (Å²) in [5.41, 5.74) is 2.25. The molecule has 76 valence electrons. The molecule has 0 aliphatic carbocycles. The fourth-order valence-corrected chi connectivity index (χ4v) is 1.92. The van der Waals surface area contributed by atoms with Crippen LogP contribution in [0.4, 0.5) is 0 Å². The zero-order valence-corrected chi connectivity index (χ0v) is 9.13. The summed E-state index contributed by atoms with van der Waals surface area (Å²) >= 11 is 0. The monoisotopic (exact) mass is 191 g/mol. The number of carbonyl (C=O) groups is 1. The van der Waals surface area contributed by atoms with Gasteiger partial charge in [0.05, 0.1) is 0 Å². The van der Waals surface area contributed by atoms with Gasteiger partial charge in [-0.3, -0.25) is 4.79 Å². The third-order valence-electron chi connectivity index (χ3n) is 2.51. The predicted molar refractivity (Wildman–Crippen MR) is 59.5 cm³/mol. The molecule has 1 heteroatoms. The van der Waals surface area contributed by atoms with Crippen LogP contribution >= 0.6 is 0 Å². The lowest BCUT2D eigenvalue weighted by atomic mass is 9.78. The van der Waals surface area contributed by atoms with Crippen LogP contribution in [0.3, 0.4) is 0 Å².